The van der Waals surface area contributed by atoms with Gasteiger partial charge in [0.05, 0.1) is 27.8 Å². The zero-order chi connectivity index (χ0) is 41.4. The maximum absolute atomic E-state index is 2.46. The smallest absolute Gasteiger partial charge is 0.0547 e. The highest BCUT2D eigenvalue weighted by atomic mass is 32.1. The van der Waals surface area contributed by atoms with Crippen LogP contribution >= 0.6 is 11.3 Å². The van der Waals surface area contributed by atoms with Crippen LogP contribution in [0.2, 0.25) is 0 Å². The molecular weight excluding hydrogens is 781 g/mol. The van der Waals surface area contributed by atoms with Crippen LogP contribution in [0.25, 0.3) is 120 Å². The highest BCUT2D eigenvalue weighted by Gasteiger charge is 2.20. The Morgan fingerprint density at radius 3 is 1.60 bits per heavy atom. The molecule has 294 valence electrons. The standard InChI is InChI=1S/C60H38N2S/c1-3-15-39(16-4-1)46-21-7-10-25-53(46)62-54-26-11-8-22-48(54)50-36-42(29-32-55(50)62)43-30-33-56-52(38-43)60-47(40-17-5-2-6-18-40)24-14-27-57(60)61(56)45-20-13-19-41(35-45)44-31-34-59-51(37-44)49-23-9-12-28-58(49)63-59/h1-38H. The van der Waals surface area contributed by atoms with Crippen LogP contribution < -0.4 is 0 Å². The molecule has 0 unspecified atom stereocenters. The number of para-hydroxylation sites is 2. The molecule has 0 aliphatic rings. The molecule has 63 heavy (non-hydrogen) atoms. The molecule has 3 heteroatoms. The summed E-state index contributed by atoms with van der Waals surface area (Å²) in [6, 6.07) is 84.7. The van der Waals surface area contributed by atoms with Gasteiger partial charge in [-0.2, -0.15) is 0 Å². The van der Waals surface area contributed by atoms with Gasteiger partial charge in [0.1, 0.15) is 0 Å². The van der Waals surface area contributed by atoms with E-state index in [4.69, 9.17) is 0 Å². The molecule has 13 aromatic rings. The first-order chi connectivity index (χ1) is 31.2. The first-order valence-corrected chi connectivity index (χ1v) is 22.4. The molecule has 0 saturated carbocycles. The van der Waals surface area contributed by atoms with Crippen molar-refractivity contribution in [3.63, 3.8) is 0 Å². The normalized spacial score (nSPS) is 11.8. The zero-order valence-electron chi connectivity index (χ0n) is 34.2. The van der Waals surface area contributed by atoms with Crippen LogP contribution in [0, 0.1) is 0 Å². The summed E-state index contributed by atoms with van der Waals surface area (Å²) in [5, 5.41) is 7.61. The van der Waals surface area contributed by atoms with Crippen molar-refractivity contribution in [3.8, 4) is 55.9 Å². The lowest BCUT2D eigenvalue weighted by atomic mass is 9.97. The van der Waals surface area contributed by atoms with Gasteiger partial charge in [-0.3, -0.25) is 0 Å². The van der Waals surface area contributed by atoms with Crippen molar-refractivity contribution >= 4 is 75.1 Å². The summed E-state index contributed by atoms with van der Waals surface area (Å²) < 4.78 is 7.55. The van der Waals surface area contributed by atoms with Crippen molar-refractivity contribution in [2.24, 2.45) is 0 Å². The Hall–Kier alpha value is -7.98. The lowest BCUT2D eigenvalue weighted by Gasteiger charge is -2.14. The van der Waals surface area contributed by atoms with E-state index in [1.54, 1.807) is 0 Å². The SMILES string of the molecule is c1ccc(-c2ccccc2-n2c3ccccc3c3cc(-c4ccc5c(c4)c4c(-c6ccccc6)cccc4n5-c4cccc(-c5ccc6sc7ccccc7c6c5)c4)ccc32)cc1. The summed E-state index contributed by atoms with van der Waals surface area (Å²) in [6.45, 7) is 0. The van der Waals surface area contributed by atoms with E-state index in [0.717, 1.165) is 5.69 Å². The second-order valence-corrected chi connectivity index (χ2v) is 17.5. The molecule has 0 saturated heterocycles. The van der Waals surface area contributed by atoms with E-state index in [1.165, 1.54) is 114 Å². The monoisotopic (exact) mass is 818 g/mol. The second kappa shape index (κ2) is 14.3. The van der Waals surface area contributed by atoms with E-state index < -0.39 is 0 Å². The van der Waals surface area contributed by atoms with Crippen molar-refractivity contribution in [1.82, 2.24) is 9.13 Å². The lowest BCUT2D eigenvalue weighted by Crippen LogP contribution is -1.97. The lowest BCUT2D eigenvalue weighted by molar-refractivity contribution is 1.18. The Morgan fingerprint density at radius 2 is 0.794 bits per heavy atom. The Morgan fingerprint density at radius 1 is 0.270 bits per heavy atom. The van der Waals surface area contributed by atoms with Crippen LogP contribution in [-0.4, -0.2) is 9.13 Å². The van der Waals surface area contributed by atoms with Crippen LogP contribution in [-0.2, 0) is 0 Å². The molecule has 3 aromatic heterocycles. The number of hydrogen-bond donors (Lipinski definition) is 0. The minimum atomic E-state index is 1.14. The quantitative estimate of drug-likeness (QED) is 0.158. The molecule has 0 atom stereocenters. The fourth-order valence-electron chi connectivity index (χ4n) is 10.1. The van der Waals surface area contributed by atoms with Gasteiger partial charge in [-0.15, -0.1) is 11.3 Å². The van der Waals surface area contributed by atoms with Crippen molar-refractivity contribution < 1.29 is 0 Å². The van der Waals surface area contributed by atoms with Crippen molar-refractivity contribution in [2.45, 2.75) is 0 Å². The predicted octanol–water partition coefficient (Wildman–Crippen LogP) is 16.9. The van der Waals surface area contributed by atoms with Crippen LogP contribution in [0.5, 0.6) is 0 Å². The molecule has 0 aliphatic carbocycles. The van der Waals surface area contributed by atoms with Crippen LogP contribution in [0.1, 0.15) is 0 Å². The van der Waals surface area contributed by atoms with E-state index >= 15 is 0 Å². The highest BCUT2D eigenvalue weighted by molar-refractivity contribution is 7.25. The molecule has 0 bridgehead atoms. The van der Waals surface area contributed by atoms with Gasteiger partial charge in [0.25, 0.3) is 0 Å². The van der Waals surface area contributed by atoms with Gasteiger partial charge in [0.2, 0.25) is 0 Å². The van der Waals surface area contributed by atoms with E-state index in [9.17, 15) is 0 Å². The number of hydrogen-bond acceptors (Lipinski definition) is 1. The van der Waals surface area contributed by atoms with Crippen LogP contribution in [0.15, 0.2) is 231 Å². The molecule has 0 amide bonds. The molecule has 0 fully saturated rings. The van der Waals surface area contributed by atoms with E-state index in [-0.39, 0.29) is 0 Å². The third kappa shape index (κ3) is 5.71. The van der Waals surface area contributed by atoms with Crippen LogP contribution in [0.4, 0.5) is 0 Å². The predicted molar refractivity (Wildman–Crippen MR) is 270 cm³/mol. The first kappa shape index (κ1) is 35.7. The summed E-state index contributed by atoms with van der Waals surface area (Å²) >= 11 is 1.86. The Balaban J connectivity index is 0.997. The van der Waals surface area contributed by atoms with Gasteiger partial charge in [-0.25, -0.2) is 0 Å². The topological polar surface area (TPSA) is 9.86 Å². The Bertz CT molecular complexity index is 3900. The third-order valence-electron chi connectivity index (χ3n) is 12.9. The number of aromatic nitrogens is 2. The van der Waals surface area contributed by atoms with Gasteiger partial charge in [0.15, 0.2) is 0 Å². The average molecular weight is 819 g/mol. The third-order valence-corrected chi connectivity index (χ3v) is 14.1. The number of fused-ring (bicyclic) bond motifs is 9. The number of rotatable bonds is 6. The molecule has 3 heterocycles. The van der Waals surface area contributed by atoms with Gasteiger partial charge >= 0.3 is 0 Å². The van der Waals surface area contributed by atoms with Crippen molar-refractivity contribution in [1.29, 1.82) is 0 Å². The Kier molecular flexibility index (Phi) is 8.12. The summed E-state index contributed by atoms with van der Waals surface area (Å²) in [5.41, 5.74) is 16.8. The summed E-state index contributed by atoms with van der Waals surface area (Å²) in [7, 11) is 0. The van der Waals surface area contributed by atoms with E-state index in [1.807, 2.05) is 11.3 Å². The fraction of sp³-hybridized carbons (Fsp3) is 0. The number of benzene rings is 10. The highest BCUT2D eigenvalue weighted by Crippen LogP contribution is 2.43. The average Bonchev–Trinajstić information content (AvgIpc) is 4.01. The van der Waals surface area contributed by atoms with Crippen LogP contribution in [0.3, 0.4) is 0 Å². The molecular formula is C60H38N2S. The molecule has 0 N–H and O–H groups in total. The maximum atomic E-state index is 2.46. The summed E-state index contributed by atoms with van der Waals surface area (Å²) in [6.07, 6.45) is 0. The van der Waals surface area contributed by atoms with Gasteiger partial charge in [0, 0.05) is 53.0 Å². The maximum Gasteiger partial charge on any atom is 0.0547 e. The minimum Gasteiger partial charge on any atom is -0.309 e. The van der Waals surface area contributed by atoms with Crippen molar-refractivity contribution in [3.05, 3.63) is 231 Å². The van der Waals surface area contributed by atoms with E-state index in [2.05, 4.69) is 240 Å². The number of nitrogens with zero attached hydrogens (tertiary/aromatic N) is 2. The summed E-state index contributed by atoms with van der Waals surface area (Å²) in [4.78, 5) is 0. The molecule has 0 radical (unpaired) electrons. The van der Waals surface area contributed by atoms with Gasteiger partial charge in [-0.1, -0.05) is 158 Å². The zero-order valence-corrected chi connectivity index (χ0v) is 35.1. The Labute approximate surface area is 368 Å². The van der Waals surface area contributed by atoms with Gasteiger partial charge in [-0.05, 0) is 112 Å². The van der Waals surface area contributed by atoms with E-state index in [0.29, 0.717) is 0 Å². The molecule has 0 aliphatic heterocycles. The molecule has 2 nitrogen and oxygen atoms in total. The van der Waals surface area contributed by atoms with Gasteiger partial charge < -0.3 is 9.13 Å². The first-order valence-electron chi connectivity index (χ1n) is 21.6. The largest absolute Gasteiger partial charge is 0.309 e. The minimum absolute atomic E-state index is 1.14. The molecule has 13 rings (SSSR count). The number of thiophene rings is 1. The summed E-state index contributed by atoms with van der Waals surface area (Å²) in [5.74, 6) is 0. The second-order valence-electron chi connectivity index (χ2n) is 16.5. The molecule has 10 aromatic carbocycles. The van der Waals surface area contributed by atoms with Crippen molar-refractivity contribution in [2.75, 3.05) is 0 Å². The molecule has 0 spiro atoms. The fourth-order valence-corrected chi connectivity index (χ4v) is 11.1.